The lowest BCUT2D eigenvalue weighted by Gasteiger charge is -2.15. The number of hydrogen-bond donors (Lipinski definition) is 1. The number of carbonyl (C=O) groups is 1. The summed E-state index contributed by atoms with van der Waals surface area (Å²) >= 11 is 0. The van der Waals surface area contributed by atoms with Gasteiger partial charge < -0.3 is 9.73 Å². The summed E-state index contributed by atoms with van der Waals surface area (Å²) in [6, 6.07) is 2.81. The smallest absolute Gasteiger partial charge is 0.291 e. The van der Waals surface area contributed by atoms with E-state index in [0.717, 1.165) is 11.9 Å². The van der Waals surface area contributed by atoms with Crippen LogP contribution < -0.4 is 10.9 Å². The summed E-state index contributed by atoms with van der Waals surface area (Å²) in [5, 5.41) is 7.08. The van der Waals surface area contributed by atoms with Gasteiger partial charge in [0.15, 0.2) is 5.58 Å². The Kier molecular flexibility index (Phi) is 3.48. The molecule has 0 fully saturated rings. The first-order valence-electron chi connectivity index (χ1n) is 7.30. The van der Waals surface area contributed by atoms with Gasteiger partial charge in [-0.15, -0.1) is 0 Å². The maximum absolute atomic E-state index is 12.6. The molecule has 3 aromatic rings. The molecule has 3 heterocycles. The summed E-state index contributed by atoms with van der Waals surface area (Å²) in [7, 11) is 0. The predicted molar refractivity (Wildman–Crippen MR) is 82.0 cm³/mol. The average molecular weight is 302 g/mol. The molecule has 0 aliphatic rings. The minimum atomic E-state index is -0.663. The first-order valence-corrected chi connectivity index (χ1v) is 7.30. The van der Waals surface area contributed by atoms with Gasteiger partial charge in [0.05, 0.1) is 11.8 Å². The summed E-state index contributed by atoms with van der Waals surface area (Å²) in [5.41, 5.74) is 1.57. The van der Waals surface area contributed by atoms with Gasteiger partial charge in [-0.2, -0.15) is 5.10 Å². The number of furan rings is 1. The highest BCUT2D eigenvalue weighted by molar-refractivity contribution is 5.83. The van der Waals surface area contributed by atoms with E-state index < -0.39 is 6.04 Å². The molecule has 3 aromatic heterocycles. The number of rotatable bonds is 4. The second-order valence-corrected chi connectivity index (χ2v) is 5.30. The first-order chi connectivity index (χ1) is 10.5. The number of hydrogen-bond acceptors (Lipinski definition) is 4. The lowest BCUT2D eigenvalue weighted by Crippen LogP contribution is -2.38. The van der Waals surface area contributed by atoms with Crippen LogP contribution in [0.15, 0.2) is 27.6 Å². The largest absolute Gasteiger partial charge is 0.463 e. The summed E-state index contributed by atoms with van der Waals surface area (Å²) in [5.74, 6) is 0.414. The van der Waals surface area contributed by atoms with Crippen LogP contribution in [0, 0.1) is 6.92 Å². The number of aromatic nitrogens is 3. The molecule has 0 aliphatic heterocycles. The molecule has 0 bridgehead atoms. The zero-order valence-corrected chi connectivity index (χ0v) is 12.8. The fraction of sp³-hybridized carbons (Fsp3) is 0.400. The quantitative estimate of drug-likeness (QED) is 0.794. The SMILES string of the molecule is CCCNC(=O)C(C)n1nc(C)n2c(cc3occc32)c1=O. The van der Waals surface area contributed by atoms with Gasteiger partial charge in [-0.1, -0.05) is 6.92 Å². The van der Waals surface area contributed by atoms with Crippen molar-refractivity contribution in [1.82, 2.24) is 19.5 Å². The zero-order valence-electron chi connectivity index (χ0n) is 12.8. The van der Waals surface area contributed by atoms with E-state index in [1.54, 1.807) is 36.6 Å². The molecule has 0 spiro atoms. The van der Waals surface area contributed by atoms with E-state index in [0.29, 0.717) is 23.5 Å². The van der Waals surface area contributed by atoms with Crippen LogP contribution in [0.1, 0.15) is 32.1 Å². The van der Waals surface area contributed by atoms with Crippen LogP contribution in [0.2, 0.25) is 0 Å². The van der Waals surface area contributed by atoms with Crippen molar-refractivity contribution >= 4 is 22.5 Å². The van der Waals surface area contributed by atoms with Crippen LogP contribution in [-0.4, -0.2) is 26.6 Å². The number of amides is 1. The van der Waals surface area contributed by atoms with E-state index in [1.807, 2.05) is 6.92 Å². The van der Waals surface area contributed by atoms with Crippen molar-refractivity contribution in [2.75, 3.05) is 6.54 Å². The number of fused-ring (bicyclic) bond motifs is 3. The molecule has 0 saturated carbocycles. The summed E-state index contributed by atoms with van der Waals surface area (Å²) in [6.07, 6.45) is 2.41. The summed E-state index contributed by atoms with van der Waals surface area (Å²) in [4.78, 5) is 24.7. The Morgan fingerprint density at radius 3 is 2.95 bits per heavy atom. The first kappa shape index (κ1) is 14.4. The van der Waals surface area contributed by atoms with E-state index in [-0.39, 0.29) is 11.5 Å². The number of carbonyl (C=O) groups excluding carboxylic acids is 1. The number of aryl methyl sites for hydroxylation is 1. The lowest BCUT2D eigenvalue weighted by molar-refractivity contribution is -0.124. The molecular formula is C15H18N4O3. The second-order valence-electron chi connectivity index (χ2n) is 5.30. The predicted octanol–water partition coefficient (Wildman–Crippen LogP) is 1.64. The van der Waals surface area contributed by atoms with E-state index in [1.165, 1.54) is 4.68 Å². The molecule has 1 amide bonds. The molecule has 7 nitrogen and oxygen atoms in total. The van der Waals surface area contributed by atoms with Crippen LogP contribution >= 0.6 is 0 Å². The molecule has 1 atom stereocenters. The third-order valence-electron chi connectivity index (χ3n) is 3.72. The fourth-order valence-electron chi connectivity index (χ4n) is 2.56. The second kappa shape index (κ2) is 5.32. The monoisotopic (exact) mass is 302 g/mol. The van der Waals surface area contributed by atoms with Crippen molar-refractivity contribution in [3.63, 3.8) is 0 Å². The lowest BCUT2D eigenvalue weighted by atomic mass is 10.3. The van der Waals surface area contributed by atoms with Gasteiger partial charge in [-0.3, -0.25) is 14.0 Å². The molecule has 0 aromatic carbocycles. The molecule has 3 rings (SSSR count). The molecule has 1 unspecified atom stereocenters. The van der Waals surface area contributed by atoms with E-state index in [9.17, 15) is 9.59 Å². The standard InChI is InChI=1S/C15H18N4O3/c1-4-6-16-14(20)9(2)19-15(21)12-8-13-11(5-7-22-13)18(12)10(3)17-19/h5,7-9H,4,6H2,1-3H3,(H,16,20). The molecule has 0 radical (unpaired) electrons. The minimum absolute atomic E-state index is 0.213. The van der Waals surface area contributed by atoms with E-state index >= 15 is 0 Å². The topological polar surface area (TPSA) is 81.5 Å². The Morgan fingerprint density at radius 2 is 2.23 bits per heavy atom. The van der Waals surface area contributed by atoms with Gasteiger partial charge in [0.2, 0.25) is 5.91 Å². The summed E-state index contributed by atoms with van der Waals surface area (Å²) < 4.78 is 8.31. The highest BCUT2D eigenvalue weighted by Gasteiger charge is 2.21. The van der Waals surface area contributed by atoms with Crippen LogP contribution in [0.5, 0.6) is 0 Å². The van der Waals surface area contributed by atoms with Crippen molar-refractivity contribution in [3.8, 4) is 0 Å². The molecule has 116 valence electrons. The molecule has 22 heavy (non-hydrogen) atoms. The Balaban J connectivity index is 2.13. The van der Waals surface area contributed by atoms with Crippen LogP contribution in [-0.2, 0) is 4.79 Å². The average Bonchev–Trinajstić information content (AvgIpc) is 3.08. The minimum Gasteiger partial charge on any atom is -0.463 e. The number of nitrogens with one attached hydrogen (secondary N) is 1. The zero-order chi connectivity index (χ0) is 15.9. The van der Waals surface area contributed by atoms with Gasteiger partial charge in [0, 0.05) is 18.7 Å². The maximum Gasteiger partial charge on any atom is 0.291 e. The third kappa shape index (κ3) is 2.09. The Morgan fingerprint density at radius 1 is 1.45 bits per heavy atom. The summed E-state index contributed by atoms with van der Waals surface area (Å²) in [6.45, 7) is 6.02. The van der Waals surface area contributed by atoms with Crippen LogP contribution in [0.25, 0.3) is 16.6 Å². The highest BCUT2D eigenvalue weighted by Crippen LogP contribution is 2.20. The van der Waals surface area contributed by atoms with Crippen molar-refractivity contribution in [3.05, 3.63) is 34.6 Å². The molecule has 0 saturated heterocycles. The van der Waals surface area contributed by atoms with Gasteiger partial charge in [0.1, 0.15) is 17.4 Å². The van der Waals surface area contributed by atoms with E-state index in [2.05, 4.69) is 10.4 Å². The van der Waals surface area contributed by atoms with Crippen molar-refractivity contribution in [2.24, 2.45) is 0 Å². The highest BCUT2D eigenvalue weighted by atomic mass is 16.3. The van der Waals surface area contributed by atoms with Crippen molar-refractivity contribution in [2.45, 2.75) is 33.2 Å². The number of nitrogens with zero attached hydrogens (tertiary/aromatic N) is 3. The van der Waals surface area contributed by atoms with Crippen LogP contribution in [0.4, 0.5) is 0 Å². The Bertz CT molecular complexity index is 903. The van der Waals surface area contributed by atoms with Gasteiger partial charge in [-0.25, -0.2) is 4.68 Å². The normalized spacial score (nSPS) is 12.9. The van der Waals surface area contributed by atoms with E-state index in [4.69, 9.17) is 4.42 Å². The molecule has 0 aliphatic carbocycles. The van der Waals surface area contributed by atoms with Gasteiger partial charge in [-0.05, 0) is 20.3 Å². The van der Waals surface area contributed by atoms with Crippen LogP contribution in [0.3, 0.4) is 0 Å². The van der Waals surface area contributed by atoms with Gasteiger partial charge in [0.25, 0.3) is 5.56 Å². The van der Waals surface area contributed by atoms with Gasteiger partial charge >= 0.3 is 0 Å². The molecule has 1 N–H and O–H groups in total. The van der Waals surface area contributed by atoms with Crippen molar-refractivity contribution in [1.29, 1.82) is 0 Å². The Hall–Kier alpha value is -2.57. The molecular weight excluding hydrogens is 284 g/mol. The van der Waals surface area contributed by atoms with Crippen molar-refractivity contribution < 1.29 is 9.21 Å². The maximum atomic E-state index is 12.6. The Labute approximate surface area is 126 Å². The molecule has 7 heteroatoms. The fourth-order valence-corrected chi connectivity index (χ4v) is 2.56. The third-order valence-corrected chi connectivity index (χ3v) is 3.72.